The molecular formula is C17H31N5. The molecule has 0 atom stereocenters. The van der Waals surface area contributed by atoms with E-state index in [2.05, 4.69) is 45.3 Å². The van der Waals surface area contributed by atoms with Crippen LogP contribution in [0.1, 0.15) is 57.6 Å². The predicted molar refractivity (Wildman–Crippen MR) is 89.1 cm³/mol. The van der Waals surface area contributed by atoms with E-state index in [1.807, 2.05) is 0 Å². The van der Waals surface area contributed by atoms with Crippen molar-refractivity contribution in [1.82, 2.24) is 24.6 Å². The van der Waals surface area contributed by atoms with Gasteiger partial charge in [-0.05, 0) is 38.9 Å². The SMILES string of the molecule is CCCN1CCC(N2CCc3nnc(C(C)C)n3CC2)CC1. The van der Waals surface area contributed by atoms with E-state index in [4.69, 9.17) is 0 Å². The first-order valence-corrected chi connectivity index (χ1v) is 9.07. The summed E-state index contributed by atoms with van der Waals surface area (Å²) >= 11 is 0. The lowest BCUT2D eigenvalue weighted by Crippen LogP contribution is -2.46. The Bertz CT molecular complexity index is 473. The molecule has 22 heavy (non-hydrogen) atoms. The van der Waals surface area contributed by atoms with Crippen LogP contribution in [0.5, 0.6) is 0 Å². The maximum absolute atomic E-state index is 4.43. The van der Waals surface area contributed by atoms with Gasteiger partial charge in [0.2, 0.25) is 0 Å². The molecule has 1 saturated heterocycles. The zero-order valence-corrected chi connectivity index (χ0v) is 14.5. The summed E-state index contributed by atoms with van der Waals surface area (Å²) in [5.74, 6) is 2.81. The third kappa shape index (κ3) is 3.35. The van der Waals surface area contributed by atoms with Gasteiger partial charge in [0.25, 0.3) is 0 Å². The molecule has 0 spiro atoms. The van der Waals surface area contributed by atoms with Crippen molar-refractivity contribution in [3.63, 3.8) is 0 Å². The lowest BCUT2D eigenvalue weighted by Gasteiger charge is -2.38. The van der Waals surface area contributed by atoms with Crippen LogP contribution in [0.3, 0.4) is 0 Å². The maximum atomic E-state index is 4.43. The van der Waals surface area contributed by atoms with Crippen molar-refractivity contribution >= 4 is 0 Å². The maximum Gasteiger partial charge on any atom is 0.135 e. The van der Waals surface area contributed by atoms with Crippen molar-refractivity contribution in [3.8, 4) is 0 Å². The highest BCUT2D eigenvalue weighted by molar-refractivity contribution is 5.02. The largest absolute Gasteiger partial charge is 0.313 e. The molecule has 1 aromatic heterocycles. The van der Waals surface area contributed by atoms with Gasteiger partial charge in [0.05, 0.1) is 0 Å². The summed E-state index contributed by atoms with van der Waals surface area (Å²) in [6.07, 6.45) is 4.99. The molecule has 3 heterocycles. The number of nitrogens with zero attached hydrogens (tertiary/aromatic N) is 5. The first-order chi connectivity index (χ1) is 10.7. The van der Waals surface area contributed by atoms with Gasteiger partial charge in [-0.1, -0.05) is 20.8 Å². The quantitative estimate of drug-likeness (QED) is 0.854. The van der Waals surface area contributed by atoms with E-state index in [0.29, 0.717) is 5.92 Å². The Morgan fingerprint density at radius 3 is 2.50 bits per heavy atom. The fourth-order valence-electron chi connectivity index (χ4n) is 3.98. The summed E-state index contributed by atoms with van der Waals surface area (Å²) in [7, 11) is 0. The molecule has 2 aliphatic heterocycles. The predicted octanol–water partition coefficient (Wildman–Crippen LogP) is 2.13. The molecule has 0 bridgehead atoms. The number of piperidine rings is 1. The minimum absolute atomic E-state index is 0.463. The molecule has 2 aliphatic rings. The molecule has 1 fully saturated rings. The van der Waals surface area contributed by atoms with Gasteiger partial charge in [0.15, 0.2) is 0 Å². The summed E-state index contributed by atoms with van der Waals surface area (Å²) in [6, 6.07) is 0.771. The molecule has 0 N–H and O–H groups in total. The molecule has 5 heteroatoms. The molecule has 3 rings (SSSR count). The van der Waals surface area contributed by atoms with Crippen LogP contribution in [0.2, 0.25) is 0 Å². The van der Waals surface area contributed by atoms with Gasteiger partial charge in [-0.15, -0.1) is 10.2 Å². The molecule has 5 nitrogen and oxygen atoms in total. The fourth-order valence-corrected chi connectivity index (χ4v) is 3.98. The third-order valence-electron chi connectivity index (χ3n) is 5.22. The van der Waals surface area contributed by atoms with Crippen molar-refractivity contribution in [3.05, 3.63) is 11.6 Å². The summed E-state index contributed by atoms with van der Waals surface area (Å²) in [6.45, 7) is 13.9. The molecule has 0 amide bonds. The van der Waals surface area contributed by atoms with Crippen LogP contribution in [-0.2, 0) is 13.0 Å². The van der Waals surface area contributed by atoms with Crippen molar-refractivity contribution in [2.45, 2.75) is 65.0 Å². The average molecular weight is 305 g/mol. The highest BCUT2D eigenvalue weighted by Crippen LogP contribution is 2.21. The third-order valence-corrected chi connectivity index (χ3v) is 5.22. The van der Waals surface area contributed by atoms with E-state index in [-0.39, 0.29) is 0 Å². The van der Waals surface area contributed by atoms with Crippen LogP contribution in [0.25, 0.3) is 0 Å². The summed E-state index contributed by atoms with van der Waals surface area (Å²) < 4.78 is 2.37. The minimum atomic E-state index is 0.463. The van der Waals surface area contributed by atoms with Crippen LogP contribution in [0.15, 0.2) is 0 Å². The second kappa shape index (κ2) is 7.09. The Hall–Kier alpha value is -0.940. The number of rotatable bonds is 4. The van der Waals surface area contributed by atoms with Crippen LogP contribution in [0.4, 0.5) is 0 Å². The van der Waals surface area contributed by atoms with Crippen LogP contribution >= 0.6 is 0 Å². The summed E-state index contributed by atoms with van der Waals surface area (Å²) in [5.41, 5.74) is 0. The lowest BCUT2D eigenvalue weighted by atomic mass is 10.0. The van der Waals surface area contributed by atoms with Crippen molar-refractivity contribution < 1.29 is 0 Å². The Balaban J connectivity index is 1.58. The molecule has 0 unspecified atom stereocenters. The van der Waals surface area contributed by atoms with Gasteiger partial charge in [-0.3, -0.25) is 4.90 Å². The average Bonchev–Trinajstić information content (AvgIpc) is 2.81. The Morgan fingerprint density at radius 2 is 1.82 bits per heavy atom. The minimum Gasteiger partial charge on any atom is -0.313 e. The lowest BCUT2D eigenvalue weighted by molar-refractivity contribution is 0.109. The highest BCUT2D eigenvalue weighted by Gasteiger charge is 2.27. The van der Waals surface area contributed by atoms with Gasteiger partial charge in [0.1, 0.15) is 11.6 Å². The number of hydrogen-bond donors (Lipinski definition) is 0. The zero-order valence-electron chi connectivity index (χ0n) is 14.5. The second-order valence-electron chi connectivity index (χ2n) is 7.14. The Morgan fingerprint density at radius 1 is 1.05 bits per heavy atom. The van der Waals surface area contributed by atoms with E-state index >= 15 is 0 Å². The molecule has 124 valence electrons. The number of hydrogen-bond acceptors (Lipinski definition) is 4. The summed E-state index contributed by atoms with van der Waals surface area (Å²) in [5, 5.41) is 8.83. The van der Waals surface area contributed by atoms with Crippen molar-refractivity contribution in [2.75, 3.05) is 32.7 Å². The van der Waals surface area contributed by atoms with Crippen molar-refractivity contribution in [2.24, 2.45) is 0 Å². The topological polar surface area (TPSA) is 37.2 Å². The van der Waals surface area contributed by atoms with Crippen LogP contribution in [0, 0.1) is 0 Å². The molecule has 0 radical (unpaired) electrons. The van der Waals surface area contributed by atoms with Gasteiger partial charge >= 0.3 is 0 Å². The van der Waals surface area contributed by atoms with Crippen LogP contribution in [-0.4, -0.2) is 63.3 Å². The number of likely N-dealkylation sites (tertiary alicyclic amines) is 1. The second-order valence-corrected chi connectivity index (χ2v) is 7.14. The van der Waals surface area contributed by atoms with Crippen LogP contribution < -0.4 is 0 Å². The normalized spacial score (nSPS) is 22.0. The van der Waals surface area contributed by atoms with E-state index in [9.17, 15) is 0 Å². The molecule has 0 aliphatic carbocycles. The first-order valence-electron chi connectivity index (χ1n) is 9.07. The fraction of sp³-hybridized carbons (Fsp3) is 0.882. The van der Waals surface area contributed by atoms with Gasteiger partial charge in [-0.2, -0.15) is 0 Å². The number of aromatic nitrogens is 3. The highest BCUT2D eigenvalue weighted by atomic mass is 15.3. The van der Waals surface area contributed by atoms with E-state index in [0.717, 1.165) is 37.9 Å². The number of fused-ring (bicyclic) bond motifs is 1. The van der Waals surface area contributed by atoms with Gasteiger partial charge in [0, 0.05) is 38.0 Å². The first kappa shape index (κ1) is 15.9. The Kier molecular flexibility index (Phi) is 5.14. The molecular weight excluding hydrogens is 274 g/mol. The molecule has 0 aromatic carbocycles. The monoisotopic (exact) mass is 305 g/mol. The van der Waals surface area contributed by atoms with E-state index in [1.165, 1.54) is 44.7 Å². The Labute approximate surface area is 134 Å². The molecule has 1 aromatic rings. The van der Waals surface area contributed by atoms with Gasteiger partial charge in [-0.25, -0.2) is 0 Å². The van der Waals surface area contributed by atoms with E-state index in [1.54, 1.807) is 0 Å². The van der Waals surface area contributed by atoms with Crippen molar-refractivity contribution in [1.29, 1.82) is 0 Å². The standard InChI is InChI=1S/C17H31N5/c1-4-8-20-9-5-15(6-10-20)21-11-7-16-18-19-17(14(2)3)22(16)13-12-21/h14-15H,4-13H2,1-3H3. The smallest absolute Gasteiger partial charge is 0.135 e. The summed E-state index contributed by atoms with van der Waals surface area (Å²) in [4.78, 5) is 5.34. The molecule has 0 saturated carbocycles. The zero-order chi connectivity index (χ0) is 15.5. The van der Waals surface area contributed by atoms with E-state index < -0.39 is 0 Å². The van der Waals surface area contributed by atoms with Gasteiger partial charge < -0.3 is 9.47 Å².